The van der Waals surface area contributed by atoms with Crippen LogP contribution in [-0.2, 0) is 6.54 Å². The van der Waals surface area contributed by atoms with E-state index in [0.29, 0.717) is 12.2 Å². The Hall–Kier alpha value is -1.16. The van der Waals surface area contributed by atoms with Crippen LogP contribution in [0.5, 0.6) is 0 Å². The molecule has 4 heteroatoms. The Labute approximate surface area is 57.7 Å². The van der Waals surface area contributed by atoms with E-state index in [2.05, 4.69) is 4.98 Å². The number of fused-ring (bicyclic) bond motifs is 1. The van der Waals surface area contributed by atoms with Gasteiger partial charge in [0.15, 0.2) is 5.78 Å². The molecule has 1 aliphatic rings. The van der Waals surface area contributed by atoms with Crippen molar-refractivity contribution >= 4 is 5.78 Å². The number of nitrogens with two attached hydrogens (primary N) is 1. The predicted molar refractivity (Wildman–Crippen MR) is 34.5 cm³/mol. The topological polar surface area (TPSA) is 60.9 Å². The molecule has 0 radical (unpaired) electrons. The Morgan fingerprint density at radius 1 is 1.80 bits per heavy atom. The lowest BCUT2D eigenvalue weighted by Gasteiger charge is -1.94. The highest BCUT2D eigenvalue weighted by molar-refractivity contribution is 6.00. The van der Waals surface area contributed by atoms with E-state index < -0.39 is 0 Å². The average molecular weight is 137 g/mol. The Kier molecular flexibility index (Phi) is 0.935. The largest absolute Gasteiger partial charge is 0.326 e. The van der Waals surface area contributed by atoms with E-state index in [1.807, 2.05) is 0 Å². The number of hydrogen-bond acceptors (Lipinski definition) is 3. The third kappa shape index (κ3) is 0.537. The molecule has 0 spiro atoms. The molecule has 10 heavy (non-hydrogen) atoms. The molecular formula is C6H7N3O. The molecular weight excluding hydrogens is 130 g/mol. The number of imidazole rings is 1. The number of aromatic nitrogens is 2. The van der Waals surface area contributed by atoms with E-state index in [4.69, 9.17) is 5.73 Å². The molecule has 1 aliphatic heterocycles. The van der Waals surface area contributed by atoms with Gasteiger partial charge in [0.2, 0.25) is 0 Å². The van der Waals surface area contributed by atoms with Crippen molar-refractivity contribution in [1.82, 2.24) is 9.55 Å². The van der Waals surface area contributed by atoms with Crippen molar-refractivity contribution in [3.63, 3.8) is 0 Å². The molecule has 52 valence electrons. The van der Waals surface area contributed by atoms with Crippen LogP contribution in [0.4, 0.5) is 0 Å². The Morgan fingerprint density at radius 2 is 2.60 bits per heavy atom. The highest BCUT2D eigenvalue weighted by Crippen LogP contribution is 2.11. The minimum absolute atomic E-state index is 0.00231. The van der Waals surface area contributed by atoms with E-state index in [-0.39, 0.29) is 11.8 Å². The number of carbonyl (C=O) groups excluding carboxylic acids is 1. The molecule has 2 heterocycles. The van der Waals surface area contributed by atoms with E-state index >= 15 is 0 Å². The lowest BCUT2D eigenvalue weighted by Crippen LogP contribution is -2.27. The molecule has 0 bridgehead atoms. The summed E-state index contributed by atoms with van der Waals surface area (Å²) in [5.41, 5.74) is 6.11. The first-order chi connectivity index (χ1) is 4.79. The second kappa shape index (κ2) is 1.67. The Morgan fingerprint density at radius 3 is 3.30 bits per heavy atom. The molecule has 0 amide bonds. The van der Waals surface area contributed by atoms with Crippen LogP contribution in [-0.4, -0.2) is 21.4 Å². The normalized spacial score (nSPS) is 23.3. The van der Waals surface area contributed by atoms with Crippen LogP contribution in [0.2, 0.25) is 0 Å². The molecule has 1 unspecified atom stereocenters. The molecule has 0 saturated carbocycles. The van der Waals surface area contributed by atoms with Crippen LogP contribution < -0.4 is 5.73 Å². The summed E-state index contributed by atoms with van der Waals surface area (Å²) in [5.74, 6) is -0.00231. The van der Waals surface area contributed by atoms with Crippen LogP contribution >= 0.6 is 0 Å². The zero-order valence-electron chi connectivity index (χ0n) is 5.32. The van der Waals surface area contributed by atoms with Gasteiger partial charge in [-0.1, -0.05) is 0 Å². The first kappa shape index (κ1) is 5.61. The summed E-state index contributed by atoms with van der Waals surface area (Å²) in [4.78, 5) is 14.9. The molecule has 1 atom stereocenters. The maximum atomic E-state index is 11.1. The van der Waals surface area contributed by atoms with Gasteiger partial charge < -0.3 is 10.3 Å². The quantitative estimate of drug-likeness (QED) is 0.519. The fourth-order valence-electron chi connectivity index (χ4n) is 1.16. The number of ketones is 1. The van der Waals surface area contributed by atoms with Crippen LogP contribution in [0.15, 0.2) is 12.5 Å². The third-order valence-corrected chi connectivity index (χ3v) is 1.69. The van der Waals surface area contributed by atoms with Gasteiger partial charge in [-0.05, 0) is 0 Å². The molecule has 0 saturated heterocycles. The number of nitrogens with zero attached hydrogens (tertiary/aromatic N) is 2. The standard InChI is InChI=1S/C6H7N3O/c7-4-2-9-3-8-1-5(9)6(4)10/h1,3-4H,2,7H2. The first-order valence-electron chi connectivity index (χ1n) is 3.09. The van der Waals surface area contributed by atoms with E-state index in [1.165, 1.54) is 0 Å². The van der Waals surface area contributed by atoms with Gasteiger partial charge in [-0.25, -0.2) is 4.98 Å². The minimum Gasteiger partial charge on any atom is -0.326 e. The summed E-state index contributed by atoms with van der Waals surface area (Å²) in [7, 11) is 0. The molecule has 0 fully saturated rings. The second-order valence-corrected chi connectivity index (χ2v) is 2.40. The fraction of sp³-hybridized carbons (Fsp3) is 0.333. The van der Waals surface area contributed by atoms with Crippen molar-refractivity contribution in [2.75, 3.05) is 0 Å². The SMILES string of the molecule is NC1Cn2cncc2C1=O. The molecule has 1 aromatic heterocycles. The van der Waals surface area contributed by atoms with Crippen molar-refractivity contribution in [1.29, 1.82) is 0 Å². The Bertz CT molecular complexity index is 278. The number of rotatable bonds is 0. The molecule has 0 aliphatic carbocycles. The first-order valence-corrected chi connectivity index (χ1v) is 3.09. The van der Waals surface area contributed by atoms with E-state index in [9.17, 15) is 4.79 Å². The van der Waals surface area contributed by atoms with Gasteiger partial charge in [0.1, 0.15) is 5.69 Å². The summed E-state index contributed by atoms with van der Waals surface area (Å²) in [6, 6.07) is -0.349. The monoisotopic (exact) mass is 137 g/mol. The Balaban J connectivity index is 2.53. The van der Waals surface area contributed by atoms with Gasteiger partial charge >= 0.3 is 0 Å². The zero-order valence-corrected chi connectivity index (χ0v) is 5.32. The maximum Gasteiger partial charge on any atom is 0.199 e. The summed E-state index contributed by atoms with van der Waals surface area (Å²) in [6.45, 7) is 0.578. The average Bonchev–Trinajstić information content (AvgIpc) is 2.41. The van der Waals surface area contributed by atoms with Crippen molar-refractivity contribution in [2.45, 2.75) is 12.6 Å². The van der Waals surface area contributed by atoms with Crippen molar-refractivity contribution in [3.8, 4) is 0 Å². The van der Waals surface area contributed by atoms with Crippen molar-refractivity contribution in [3.05, 3.63) is 18.2 Å². The summed E-state index contributed by atoms with van der Waals surface area (Å²) in [6.07, 6.45) is 3.18. The molecule has 1 aromatic rings. The van der Waals surface area contributed by atoms with Gasteiger partial charge in [-0.3, -0.25) is 4.79 Å². The lowest BCUT2D eigenvalue weighted by atomic mass is 10.2. The predicted octanol–water partition coefficient (Wildman–Crippen LogP) is -0.593. The van der Waals surface area contributed by atoms with Gasteiger partial charge in [-0.2, -0.15) is 0 Å². The zero-order chi connectivity index (χ0) is 7.14. The van der Waals surface area contributed by atoms with Crippen LogP contribution in [0.3, 0.4) is 0 Å². The van der Waals surface area contributed by atoms with Crippen LogP contribution in [0.25, 0.3) is 0 Å². The highest BCUT2D eigenvalue weighted by Gasteiger charge is 2.26. The number of Topliss-reactive ketones (excluding diaryl/α,β-unsaturated/α-hetero) is 1. The molecule has 2 N–H and O–H groups in total. The highest BCUT2D eigenvalue weighted by atomic mass is 16.1. The summed E-state index contributed by atoms with van der Waals surface area (Å²) < 4.78 is 1.77. The van der Waals surface area contributed by atoms with Gasteiger partial charge in [0.25, 0.3) is 0 Å². The fourth-order valence-corrected chi connectivity index (χ4v) is 1.16. The second-order valence-electron chi connectivity index (χ2n) is 2.40. The molecule has 2 rings (SSSR count). The van der Waals surface area contributed by atoms with Crippen molar-refractivity contribution in [2.24, 2.45) is 5.73 Å². The minimum atomic E-state index is -0.349. The maximum absolute atomic E-state index is 11.1. The molecule has 4 nitrogen and oxygen atoms in total. The van der Waals surface area contributed by atoms with Crippen molar-refractivity contribution < 1.29 is 4.79 Å². The van der Waals surface area contributed by atoms with E-state index in [1.54, 1.807) is 17.1 Å². The van der Waals surface area contributed by atoms with Crippen LogP contribution in [0, 0.1) is 0 Å². The van der Waals surface area contributed by atoms with Crippen LogP contribution in [0.1, 0.15) is 10.5 Å². The van der Waals surface area contributed by atoms with Gasteiger partial charge in [0, 0.05) is 6.54 Å². The third-order valence-electron chi connectivity index (χ3n) is 1.69. The smallest absolute Gasteiger partial charge is 0.199 e. The van der Waals surface area contributed by atoms with Gasteiger partial charge in [-0.15, -0.1) is 0 Å². The number of carbonyl (C=O) groups is 1. The lowest BCUT2D eigenvalue weighted by molar-refractivity contribution is 0.0974. The summed E-state index contributed by atoms with van der Waals surface area (Å²) >= 11 is 0. The number of hydrogen-bond donors (Lipinski definition) is 1. The van der Waals surface area contributed by atoms with Gasteiger partial charge in [0.05, 0.1) is 18.6 Å². The molecule has 0 aromatic carbocycles. The van der Waals surface area contributed by atoms with E-state index in [0.717, 1.165) is 0 Å². The summed E-state index contributed by atoms with van der Waals surface area (Å²) in [5, 5.41) is 0.